The van der Waals surface area contributed by atoms with E-state index in [0.717, 1.165) is 11.1 Å². The van der Waals surface area contributed by atoms with Crippen LogP contribution in [0, 0.1) is 0 Å². The number of rotatable bonds is 2. The number of anilines is 1. The molecule has 0 radical (unpaired) electrons. The van der Waals surface area contributed by atoms with Crippen molar-refractivity contribution >= 4 is 5.82 Å². The van der Waals surface area contributed by atoms with Crippen molar-refractivity contribution in [3.63, 3.8) is 0 Å². The van der Waals surface area contributed by atoms with Crippen LogP contribution in [0.15, 0.2) is 29.3 Å². The van der Waals surface area contributed by atoms with E-state index in [-0.39, 0.29) is 5.82 Å². The third-order valence-corrected chi connectivity index (χ3v) is 3.17. The number of aliphatic hydroxyl groups excluding tert-OH is 3. The van der Waals surface area contributed by atoms with E-state index >= 15 is 0 Å². The van der Waals surface area contributed by atoms with Gasteiger partial charge in [0.2, 0.25) is 0 Å². The summed E-state index contributed by atoms with van der Waals surface area (Å²) in [5.74, 6) is 0.0537. The largest absolute Gasteiger partial charge is 0.394 e. The van der Waals surface area contributed by atoms with Crippen molar-refractivity contribution in [3.05, 3.63) is 35.0 Å². The molecule has 0 amide bonds. The molecule has 1 saturated heterocycles. The lowest BCUT2D eigenvalue weighted by Gasteiger charge is -2.16. The van der Waals surface area contributed by atoms with E-state index in [9.17, 15) is 15.0 Å². The fourth-order valence-corrected chi connectivity index (χ4v) is 2.02. The number of hydrazine groups is 1. The molecule has 0 bridgehead atoms. The Morgan fingerprint density at radius 1 is 1.45 bits per heavy atom. The highest BCUT2D eigenvalue weighted by Gasteiger charge is 2.43. The molecule has 10 heteroatoms. The van der Waals surface area contributed by atoms with Crippen LogP contribution in [0.4, 0.5) is 5.82 Å². The molecule has 3 heterocycles. The minimum absolute atomic E-state index is 0.0537. The maximum absolute atomic E-state index is 11.5. The highest BCUT2D eigenvalue weighted by molar-refractivity contribution is 5.23. The van der Waals surface area contributed by atoms with Gasteiger partial charge in [-0.3, -0.25) is 4.57 Å². The molecule has 4 atom stereocenters. The summed E-state index contributed by atoms with van der Waals surface area (Å²) >= 11 is 0. The van der Waals surface area contributed by atoms with Gasteiger partial charge in [0.25, 0.3) is 0 Å². The average Bonchev–Trinajstić information content (AvgIpc) is 3.14. The number of hydrogen-bond donors (Lipinski definition) is 6. The summed E-state index contributed by atoms with van der Waals surface area (Å²) in [5.41, 5.74) is 10.3. The zero-order chi connectivity index (χ0) is 16.1. The molecule has 2 aliphatic heterocycles. The highest BCUT2D eigenvalue weighted by atomic mass is 16.6. The number of ether oxygens (including phenoxy) is 1. The molecule has 22 heavy (non-hydrogen) atoms. The van der Waals surface area contributed by atoms with Gasteiger partial charge in [0.05, 0.1) is 6.61 Å². The first kappa shape index (κ1) is 16.4. The Hall–Kier alpha value is -1.98. The summed E-state index contributed by atoms with van der Waals surface area (Å²) in [6, 6.07) is 1.37. The average molecular weight is 313 g/mol. The van der Waals surface area contributed by atoms with Crippen LogP contribution in [0.1, 0.15) is 6.23 Å². The molecule has 0 spiro atoms. The van der Waals surface area contributed by atoms with Gasteiger partial charge in [-0.25, -0.2) is 10.2 Å². The van der Waals surface area contributed by atoms with Crippen molar-refractivity contribution in [2.75, 3.05) is 18.9 Å². The zero-order valence-electron chi connectivity index (χ0n) is 11.7. The van der Waals surface area contributed by atoms with Crippen LogP contribution in [0.25, 0.3) is 0 Å². The Labute approximate surface area is 125 Å². The molecule has 7 N–H and O–H groups in total. The van der Waals surface area contributed by atoms with Crippen molar-refractivity contribution < 1.29 is 20.1 Å². The van der Waals surface area contributed by atoms with Crippen molar-refractivity contribution in [2.45, 2.75) is 24.5 Å². The Bertz CT molecular complexity index is 571. The smallest absolute Gasteiger partial charge is 0.351 e. The number of aliphatic hydroxyl groups is 3. The van der Waals surface area contributed by atoms with E-state index in [1.807, 2.05) is 12.3 Å². The van der Waals surface area contributed by atoms with E-state index in [4.69, 9.17) is 15.6 Å². The molecular weight excluding hydrogens is 294 g/mol. The van der Waals surface area contributed by atoms with Gasteiger partial charge in [-0.05, 0) is 6.07 Å². The summed E-state index contributed by atoms with van der Waals surface area (Å²) in [5, 5.41) is 28.2. The SMILES string of the molecule is C1=CNNC1.Nc1ccn([C@@H]2O[C@H](CO)[C@@H](O)[C@H]2O)c(=O)n1. The Morgan fingerprint density at radius 3 is 2.68 bits per heavy atom. The van der Waals surface area contributed by atoms with Crippen LogP contribution in [-0.4, -0.2) is 56.3 Å². The third-order valence-electron chi connectivity index (χ3n) is 3.17. The number of nitrogens with zero attached hydrogens (tertiary/aromatic N) is 2. The topological polar surface area (TPSA) is 155 Å². The van der Waals surface area contributed by atoms with Crippen LogP contribution in [0.3, 0.4) is 0 Å². The van der Waals surface area contributed by atoms with Crippen LogP contribution in [0.2, 0.25) is 0 Å². The molecule has 0 saturated carbocycles. The predicted molar refractivity (Wildman–Crippen MR) is 76.2 cm³/mol. The van der Waals surface area contributed by atoms with Crippen molar-refractivity contribution in [3.8, 4) is 0 Å². The molecule has 0 aromatic carbocycles. The predicted octanol–water partition coefficient (Wildman–Crippen LogP) is -2.96. The standard InChI is InChI=1S/C9H13N3O5.C3H6N2/c10-5-1-2-12(9(16)11-5)8-7(15)6(14)4(3-13)17-8;1-2-4-5-3-1/h1-2,4,6-8,13-15H,3H2,(H2,10,11,16);1-2,4-5H,3H2/t4-,6-,7-,8-;/m1./s1. The normalized spacial score (nSPS) is 29.8. The van der Waals surface area contributed by atoms with Crippen molar-refractivity contribution in [2.24, 2.45) is 0 Å². The second-order valence-corrected chi connectivity index (χ2v) is 4.70. The highest BCUT2D eigenvalue weighted by Crippen LogP contribution is 2.27. The third kappa shape index (κ3) is 3.61. The Morgan fingerprint density at radius 2 is 2.23 bits per heavy atom. The molecule has 0 aliphatic carbocycles. The number of hydrogen-bond acceptors (Lipinski definition) is 9. The van der Waals surface area contributed by atoms with Crippen LogP contribution < -0.4 is 22.3 Å². The zero-order valence-corrected chi connectivity index (χ0v) is 11.7. The Balaban J connectivity index is 0.000000299. The maximum Gasteiger partial charge on any atom is 0.351 e. The second-order valence-electron chi connectivity index (χ2n) is 4.70. The number of nitrogen functional groups attached to an aromatic ring is 1. The lowest BCUT2D eigenvalue weighted by molar-refractivity contribution is -0.0549. The van der Waals surface area contributed by atoms with E-state index < -0.39 is 36.8 Å². The van der Waals surface area contributed by atoms with E-state index in [1.54, 1.807) is 0 Å². The van der Waals surface area contributed by atoms with E-state index in [0.29, 0.717) is 0 Å². The summed E-state index contributed by atoms with van der Waals surface area (Å²) in [7, 11) is 0. The molecule has 1 aromatic heterocycles. The number of nitrogens with one attached hydrogen (secondary N) is 2. The number of aromatic nitrogens is 2. The number of nitrogens with two attached hydrogens (primary N) is 1. The molecule has 0 unspecified atom stereocenters. The summed E-state index contributed by atoms with van der Waals surface area (Å²) in [4.78, 5) is 15.0. The van der Waals surface area contributed by atoms with Gasteiger partial charge in [0, 0.05) is 18.9 Å². The van der Waals surface area contributed by atoms with Crippen LogP contribution in [0.5, 0.6) is 0 Å². The van der Waals surface area contributed by atoms with Gasteiger partial charge >= 0.3 is 5.69 Å². The molecule has 3 rings (SSSR count). The monoisotopic (exact) mass is 313 g/mol. The summed E-state index contributed by atoms with van der Waals surface area (Å²) in [6.45, 7) is 0.506. The van der Waals surface area contributed by atoms with Crippen LogP contribution in [-0.2, 0) is 4.74 Å². The van der Waals surface area contributed by atoms with Gasteiger partial charge in [-0.2, -0.15) is 4.98 Å². The minimum Gasteiger partial charge on any atom is -0.394 e. The van der Waals surface area contributed by atoms with Gasteiger partial charge in [0.1, 0.15) is 24.1 Å². The summed E-state index contributed by atoms with van der Waals surface area (Å²) in [6.07, 6.45) is 0.623. The molecule has 1 fully saturated rings. The Kier molecular flexibility index (Phi) is 5.46. The molecular formula is C12H19N5O5. The lowest BCUT2D eigenvalue weighted by atomic mass is 10.1. The van der Waals surface area contributed by atoms with E-state index in [1.165, 1.54) is 12.3 Å². The molecule has 10 nitrogen and oxygen atoms in total. The first-order chi connectivity index (χ1) is 10.5. The second kappa shape index (κ2) is 7.33. The van der Waals surface area contributed by atoms with Gasteiger partial charge in [-0.15, -0.1) is 0 Å². The fourth-order valence-electron chi connectivity index (χ4n) is 2.02. The van der Waals surface area contributed by atoms with Gasteiger partial charge in [0.15, 0.2) is 6.23 Å². The lowest BCUT2D eigenvalue weighted by Crippen LogP contribution is -2.36. The van der Waals surface area contributed by atoms with Gasteiger partial charge in [-0.1, -0.05) is 6.08 Å². The van der Waals surface area contributed by atoms with Crippen molar-refractivity contribution in [1.29, 1.82) is 0 Å². The first-order valence-corrected chi connectivity index (χ1v) is 6.65. The van der Waals surface area contributed by atoms with E-state index in [2.05, 4.69) is 15.8 Å². The molecule has 122 valence electrons. The summed E-state index contributed by atoms with van der Waals surface area (Å²) < 4.78 is 6.19. The maximum atomic E-state index is 11.5. The molecule has 1 aromatic rings. The van der Waals surface area contributed by atoms with Crippen molar-refractivity contribution in [1.82, 2.24) is 20.4 Å². The fraction of sp³-hybridized carbons (Fsp3) is 0.500. The minimum atomic E-state index is -1.31. The quantitative estimate of drug-likeness (QED) is 0.336. The molecule has 2 aliphatic rings. The van der Waals surface area contributed by atoms with Crippen LogP contribution >= 0.6 is 0 Å². The van der Waals surface area contributed by atoms with Gasteiger partial charge < -0.3 is 31.2 Å². The first-order valence-electron chi connectivity index (χ1n) is 6.65.